The van der Waals surface area contributed by atoms with Crippen molar-refractivity contribution >= 4 is 16.9 Å². The molecule has 1 N–H and O–H groups in total. The van der Waals surface area contributed by atoms with Gasteiger partial charge in [-0.1, -0.05) is 12.1 Å². The first-order valence-electron chi connectivity index (χ1n) is 8.96. The van der Waals surface area contributed by atoms with E-state index in [1.807, 2.05) is 0 Å². The maximum absolute atomic E-state index is 13.2. The molecule has 1 aromatic carbocycles. The average molecular weight is 409 g/mol. The molecule has 1 aliphatic rings. The second-order valence-corrected chi connectivity index (χ2v) is 6.54. The number of alkyl halides is 3. The van der Waals surface area contributed by atoms with Gasteiger partial charge in [-0.2, -0.15) is 18.3 Å². The third-order valence-corrected chi connectivity index (χ3v) is 4.73. The van der Waals surface area contributed by atoms with Crippen molar-refractivity contribution in [2.24, 2.45) is 0 Å². The summed E-state index contributed by atoms with van der Waals surface area (Å²) in [6, 6.07) is 6.87. The average Bonchev–Trinajstić information content (AvgIpc) is 3.29. The van der Waals surface area contributed by atoms with Gasteiger partial charge in [-0.05, 0) is 12.1 Å². The lowest BCUT2D eigenvalue weighted by molar-refractivity contribution is -0.142. The number of amides is 1. The zero-order valence-electron chi connectivity index (χ0n) is 15.5. The van der Waals surface area contributed by atoms with Crippen LogP contribution in [0.4, 0.5) is 13.2 Å². The molecule has 4 rings (SSSR count). The molecule has 0 fully saturated rings. The molecule has 0 aliphatic carbocycles. The summed E-state index contributed by atoms with van der Waals surface area (Å²) < 4.78 is 56.8. The molecule has 10 heteroatoms. The Morgan fingerprint density at radius 1 is 1.38 bits per heavy atom. The Hall–Kier alpha value is -3.01. The van der Waals surface area contributed by atoms with Gasteiger partial charge in [-0.25, -0.2) is 0 Å². The highest BCUT2D eigenvalue weighted by Gasteiger charge is 2.39. The number of nitrogens with one attached hydrogen (secondary N) is 1. The molecule has 1 amide bonds. The van der Waals surface area contributed by atoms with Crippen LogP contribution < -0.4 is 10.1 Å². The number of carbonyl (C=O) groups excluding carboxylic acids is 1. The molecule has 7 nitrogen and oxygen atoms in total. The Morgan fingerprint density at radius 3 is 2.97 bits per heavy atom. The van der Waals surface area contributed by atoms with E-state index in [0.717, 1.165) is 0 Å². The van der Waals surface area contributed by atoms with Gasteiger partial charge in [0, 0.05) is 29.6 Å². The maximum Gasteiger partial charge on any atom is 0.435 e. The van der Waals surface area contributed by atoms with Crippen LogP contribution in [0.1, 0.15) is 27.5 Å². The molecule has 3 aromatic rings. The van der Waals surface area contributed by atoms with Crippen LogP contribution in [-0.2, 0) is 30.5 Å². The van der Waals surface area contributed by atoms with Crippen LogP contribution in [0.25, 0.3) is 11.0 Å². The molecule has 154 valence electrons. The zero-order chi connectivity index (χ0) is 20.6. The van der Waals surface area contributed by atoms with Crippen molar-refractivity contribution in [3.63, 3.8) is 0 Å². The summed E-state index contributed by atoms with van der Waals surface area (Å²) in [5.74, 6) is 0.131. The first-order chi connectivity index (χ1) is 13.9. The highest BCUT2D eigenvalue weighted by molar-refractivity contribution is 5.97. The fraction of sp³-hybridized carbons (Fsp3) is 0.368. The molecule has 0 saturated heterocycles. The van der Waals surface area contributed by atoms with E-state index >= 15 is 0 Å². The molecule has 0 radical (unpaired) electrons. The van der Waals surface area contributed by atoms with Crippen LogP contribution >= 0.6 is 0 Å². The van der Waals surface area contributed by atoms with Crippen LogP contribution in [0.3, 0.4) is 0 Å². The van der Waals surface area contributed by atoms with Gasteiger partial charge in [0.25, 0.3) is 5.91 Å². The van der Waals surface area contributed by atoms with Crippen molar-refractivity contribution in [2.75, 3.05) is 20.3 Å². The van der Waals surface area contributed by atoms with Crippen molar-refractivity contribution in [2.45, 2.75) is 25.7 Å². The van der Waals surface area contributed by atoms with Crippen LogP contribution in [0.2, 0.25) is 0 Å². The molecule has 0 saturated carbocycles. The molecule has 2 aromatic heterocycles. The second-order valence-electron chi connectivity index (χ2n) is 6.54. The summed E-state index contributed by atoms with van der Waals surface area (Å²) in [7, 11) is 1.50. The van der Waals surface area contributed by atoms with Gasteiger partial charge in [0.2, 0.25) is 0 Å². The summed E-state index contributed by atoms with van der Waals surface area (Å²) in [5.41, 5.74) is 0.0878. The fourth-order valence-electron chi connectivity index (χ4n) is 3.39. The number of halogens is 3. The molecular weight excluding hydrogens is 391 g/mol. The van der Waals surface area contributed by atoms with Gasteiger partial charge in [-0.15, -0.1) is 0 Å². The summed E-state index contributed by atoms with van der Waals surface area (Å²) in [5, 5.41) is 7.08. The predicted octanol–water partition coefficient (Wildman–Crippen LogP) is 3.16. The number of carbonyl (C=O) groups is 1. The monoisotopic (exact) mass is 409 g/mol. The van der Waals surface area contributed by atoms with Gasteiger partial charge in [0.05, 0.1) is 26.9 Å². The van der Waals surface area contributed by atoms with Gasteiger partial charge in [0.15, 0.2) is 22.8 Å². The SMILES string of the molecule is COc1cccc2cc(C(=O)NCCn3nc(C(F)(F)F)c4c3CCOC4)oc12. The largest absolute Gasteiger partial charge is 0.493 e. The minimum Gasteiger partial charge on any atom is -0.493 e. The maximum atomic E-state index is 13.2. The number of aromatic nitrogens is 2. The molecule has 1 aliphatic heterocycles. The Balaban J connectivity index is 1.47. The fourth-order valence-corrected chi connectivity index (χ4v) is 3.39. The van der Waals surface area contributed by atoms with E-state index < -0.39 is 17.8 Å². The number of methoxy groups -OCH3 is 1. The van der Waals surface area contributed by atoms with E-state index in [4.69, 9.17) is 13.9 Å². The molecule has 29 heavy (non-hydrogen) atoms. The van der Waals surface area contributed by atoms with Gasteiger partial charge >= 0.3 is 6.18 Å². The quantitative estimate of drug-likeness (QED) is 0.701. The Kier molecular flexibility index (Phi) is 4.95. The molecule has 0 bridgehead atoms. The second kappa shape index (κ2) is 7.43. The number of benzene rings is 1. The van der Waals surface area contributed by atoms with E-state index in [0.29, 0.717) is 35.4 Å². The van der Waals surface area contributed by atoms with E-state index in [-0.39, 0.29) is 31.0 Å². The Morgan fingerprint density at radius 2 is 2.21 bits per heavy atom. The lowest BCUT2D eigenvalue weighted by Crippen LogP contribution is -2.28. The van der Waals surface area contributed by atoms with Gasteiger partial charge < -0.3 is 19.2 Å². The topological polar surface area (TPSA) is 78.5 Å². The molecule has 0 atom stereocenters. The standard InChI is InChI=1S/C19H18F3N3O4/c1-27-14-4-2-3-11-9-15(29-16(11)14)18(26)23-6-7-25-13-5-8-28-10-12(13)17(24-25)19(20,21)22/h2-4,9H,5-8,10H2,1H3,(H,23,26). The number of ether oxygens (including phenoxy) is 2. The number of nitrogens with zero attached hydrogens (tertiary/aromatic N) is 2. The number of rotatable bonds is 5. The summed E-state index contributed by atoms with van der Waals surface area (Å²) in [6.07, 6.45) is -4.21. The van der Waals surface area contributed by atoms with Crippen LogP contribution in [-0.4, -0.2) is 35.9 Å². The summed E-state index contributed by atoms with van der Waals surface area (Å²) in [6.45, 7) is 0.424. The van der Waals surface area contributed by atoms with Crippen molar-refractivity contribution < 1.29 is 31.9 Å². The lowest BCUT2D eigenvalue weighted by Gasteiger charge is -2.15. The minimum absolute atomic E-state index is 0.0689. The number of hydrogen-bond acceptors (Lipinski definition) is 5. The van der Waals surface area contributed by atoms with E-state index in [9.17, 15) is 18.0 Å². The van der Waals surface area contributed by atoms with Crippen LogP contribution in [0.15, 0.2) is 28.7 Å². The molecule has 0 unspecified atom stereocenters. The van der Waals surface area contributed by atoms with Crippen LogP contribution in [0.5, 0.6) is 5.75 Å². The van der Waals surface area contributed by atoms with Crippen LogP contribution in [0, 0.1) is 0 Å². The van der Waals surface area contributed by atoms with E-state index in [2.05, 4.69) is 10.4 Å². The first-order valence-corrected chi connectivity index (χ1v) is 8.96. The van der Waals surface area contributed by atoms with Crippen molar-refractivity contribution in [1.29, 1.82) is 0 Å². The van der Waals surface area contributed by atoms with Gasteiger partial charge in [0.1, 0.15) is 0 Å². The highest BCUT2D eigenvalue weighted by atomic mass is 19.4. The number of para-hydroxylation sites is 1. The predicted molar refractivity (Wildman–Crippen MR) is 95.7 cm³/mol. The molecule has 3 heterocycles. The number of fused-ring (bicyclic) bond motifs is 2. The number of hydrogen-bond donors (Lipinski definition) is 1. The van der Waals surface area contributed by atoms with E-state index in [1.165, 1.54) is 11.8 Å². The summed E-state index contributed by atoms with van der Waals surface area (Å²) >= 11 is 0. The van der Waals surface area contributed by atoms with E-state index in [1.54, 1.807) is 24.3 Å². The number of furan rings is 1. The van der Waals surface area contributed by atoms with Crippen molar-refractivity contribution in [3.05, 3.63) is 47.0 Å². The van der Waals surface area contributed by atoms with Crippen molar-refractivity contribution in [3.8, 4) is 5.75 Å². The lowest BCUT2D eigenvalue weighted by atomic mass is 10.1. The molecule has 0 spiro atoms. The third kappa shape index (κ3) is 3.67. The normalized spacial score (nSPS) is 14.1. The van der Waals surface area contributed by atoms with Gasteiger partial charge in [-0.3, -0.25) is 9.48 Å². The smallest absolute Gasteiger partial charge is 0.435 e. The molecular formula is C19H18F3N3O4. The minimum atomic E-state index is -4.55. The third-order valence-electron chi connectivity index (χ3n) is 4.73. The Bertz CT molecular complexity index is 1060. The summed E-state index contributed by atoms with van der Waals surface area (Å²) in [4.78, 5) is 12.4. The zero-order valence-corrected chi connectivity index (χ0v) is 15.5. The first kappa shape index (κ1) is 19.3. The highest BCUT2D eigenvalue weighted by Crippen LogP contribution is 2.34. The Labute approximate surface area is 163 Å². The van der Waals surface area contributed by atoms with Crippen molar-refractivity contribution in [1.82, 2.24) is 15.1 Å².